The van der Waals surface area contributed by atoms with Gasteiger partial charge in [0.05, 0.1) is 0 Å². The van der Waals surface area contributed by atoms with E-state index in [1.165, 1.54) is 4.97 Å². The molecule has 0 saturated carbocycles. The molecule has 0 aromatic heterocycles. The first kappa shape index (κ1) is 8.18. The summed E-state index contributed by atoms with van der Waals surface area (Å²) >= 11 is 0.0279. The first-order valence-electron chi connectivity index (χ1n) is 3.09. The van der Waals surface area contributed by atoms with Crippen LogP contribution in [0.25, 0.3) is 0 Å². The van der Waals surface area contributed by atoms with Gasteiger partial charge in [0.1, 0.15) is 0 Å². The van der Waals surface area contributed by atoms with E-state index in [9.17, 15) is 0 Å². The maximum atomic E-state index is 8.45. The van der Waals surface area contributed by atoms with Crippen LogP contribution in [0.3, 0.4) is 0 Å². The average molecular weight is 215 g/mol. The second-order valence-electron chi connectivity index (χ2n) is 1.91. The summed E-state index contributed by atoms with van der Waals surface area (Å²) in [5.74, 6) is -0.589. The number of aliphatic hydroxyl groups is 2. The van der Waals surface area contributed by atoms with Gasteiger partial charge in [0.2, 0.25) is 0 Å². The van der Waals surface area contributed by atoms with Crippen LogP contribution in [0.15, 0.2) is 41.3 Å². The quantitative estimate of drug-likeness (QED) is 0.569. The Morgan fingerprint density at radius 1 is 1.18 bits per heavy atom. The van der Waals surface area contributed by atoms with Gasteiger partial charge in [-0.25, -0.2) is 0 Å². The third-order valence-corrected chi connectivity index (χ3v) is 2.88. The Hall–Kier alpha value is -0.921. The Morgan fingerprint density at radius 2 is 1.82 bits per heavy atom. The fourth-order valence-electron chi connectivity index (χ4n) is 0.620. The van der Waals surface area contributed by atoms with Crippen LogP contribution in [-0.4, -0.2) is 25.2 Å². The van der Waals surface area contributed by atoms with E-state index in [4.69, 9.17) is 10.2 Å². The molecule has 0 amide bonds. The van der Waals surface area contributed by atoms with Gasteiger partial charge in [0.15, 0.2) is 0 Å². The minimum absolute atomic E-state index is 0.0279. The number of hydrogen-bond donors (Lipinski definition) is 2. The summed E-state index contributed by atoms with van der Waals surface area (Å²) in [6, 6.07) is 9.71. The summed E-state index contributed by atoms with van der Waals surface area (Å²) in [5.41, 5.74) is 0. The molecule has 58 valence electrons. The van der Waals surface area contributed by atoms with Crippen molar-refractivity contribution in [1.82, 2.24) is 0 Å². The van der Waals surface area contributed by atoms with Crippen molar-refractivity contribution in [2.24, 2.45) is 0 Å². The zero-order chi connectivity index (χ0) is 8.10. The molecule has 0 saturated heterocycles. The predicted molar refractivity (Wildman–Crippen MR) is 45.2 cm³/mol. The first-order chi connectivity index (χ1) is 5.29. The molecule has 0 fully saturated rings. The molecule has 0 aliphatic carbocycles. The third kappa shape index (κ3) is 3.12. The Kier molecular flexibility index (Phi) is 3.02. The molecule has 0 atom stereocenters. The second kappa shape index (κ2) is 4.06. The molecular weight excluding hydrogens is 207 g/mol. The van der Waals surface area contributed by atoms with E-state index in [0.29, 0.717) is 0 Å². The maximum absolute atomic E-state index is 8.45. The summed E-state index contributed by atoms with van der Waals surface area (Å²) in [7, 11) is 0. The first-order valence-corrected chi connectivity index (χ1v) is 4.93. The summed E-state index contributed by atoms with van der Waals surface area (Å²) in [5, 5.41) is 16.9. The molecule has 11 heavy (non-hydrogen) atoms. The van der Waals surface area contributed by atoms with Gasteiger partial charge in [0, 0.05) is 0 Å². The van der Waals surface area contributed by atoms with E-state index < -0.39 is 5.95 Å². The number of hydrogen-bond acceptors (Lipinski definition) is 2. The summed E-state index contributed by atoms with van der Waals surface area (Å²) in [6.07, 6.45) is 0. The fraction of sp³-hybridized carbons (Fsp3) is 0. The van der Waals surface area contributed by atoms with Crippen molar-refractivity contribution in [3.05, 3.63) is 41.3 Å². The minimum atomic E-state index is -0.589. The van der Waals surface area contributed by atoms with E-state index in [2.05, 4.69) is 0 Å². The van der Waals surface area contributed by atoms with Gasteiger partial charge in [0.25, 0.3) is 0 Å². The van der Waals surface area contributed by atoms with Crippen molar-refractivity contribution in [3.8, 4) is 0 Å². The topological polar surface area (TPSA) is 40.5 Å². The molecule has 0 heterocycles. The molecule has 0 radical (unpaired) electrons. The van der Waals surface area contributed by atoms with Crippen LogP contribution in [0.4, 0.5) is 0 Å². The van der Waals surface area contributed by atoms with Crippen molar-refractivity contribution in [1.29, 1.82) is 0 Å². The molecule has 0 aliphatic heterocycles. The molecule has 2 nitrogen and oxygen atoms in total. The average Bonchev–Trinajstić information content (AvgIpc) is 2.03. The Bertz CT molecular complexity index is 240. The fourth-order valence-corrected chi connectivity index (χ4v) is 1.79. The Balaban J connectivity index is 2.59. The molecule has 0 unspecified atom stereocenters. The van der Waals surface area contributed by atoms with Gasteiger partial charge in [-0.05, 0) is 0 Å². The van der Waals surface area contributed by atoms with Crippen LogP contribution in [-0.2, 0) is 0 Å². The molecule has 2 N–H and O–H groups in total. The Labute approximate surface area is 71.3 Å². The molecule has 1 rings (SSSR count). The number of rotatable bonds is 2. The monoisotopic (exact) mass is 216 g/mol. The van der Waals surface area contributed by atoms with Gasteiger partial charge in [-0.15, -0.1) is 0 Å². The molecule has 0 spiro atoms. The van der Waals surface area contributed by atoms with E-state index in [1.807, 2.05) is 30.3 Å². The van der Waals surface area contributed by atoms with Crippen molar-refractivity contribution >= 4 is 19.4 Å². The normalized spacial score (nSPS) is 9.09. The van der Waals surface area contributed by atoms with Crippen LogP contribution in [0.1, 0.15) is 0 Å². The summed E-state index contributed by atoms with van der Waals surface area (Å²) < 4.78 is 1.13. The van der Waals surface area contributed by atoms with Gasteiger partial charge < -0.3 is 0 Å². The number of benzene rings is 1. The predicted octanol–water partition coefficient (Wildman–Crippen LogP) is 0.931. The van der Waals surface area contributed by atoms with E-state index in [-0.39, 0.29) is 15.0 Å². The molecule has 1 aromatic carbocycles. The zero-order valence-corrected chi connectivity index (χ0v) is 7.48. The van der Waals surface area contributed by atoms with Crippen LogP contribution in [0, 0.1) is 0 Å². The number of aliphatic hydroxyl groups excluding tert-OH is 1. The van der Waals surface area contributed by atoms with Gasteiger partial charge in [-0.1, -0.05) is 0 Å². The summed E-state index contributed by atoms with van der Waals surface area (Å²) in [4.78, 5) is 1.42. The zero-order valence-electron chi connectivity index (χ0n) is 5.77. The van der Waals surface area contributed by atoms with Crippen molar-refractivity contribution in [2.75, 3.05) is 0 Å². The molecule has 0 aliphatic rings. The van der Waals surface area contributed by atoms with Crippen molar-refractivity contribution in [2.45, 2.75) is 0 Å². The standard InChI is InChI=1S/C8H8O2Se/c9-8(10)6-11-7-4-2-1-3-5-7/h1-6,9-10H. The van der Waals surface area contributed by atoms with Crippen LogP contribution < -0.4 is 4.46 Å². The SMILES string of the molecule is OC(O)=C[Se]c1ccccc1. The van der Waals surface area contributed by atoms with Gasteiger partial charge in [-0.3, -0.25) is 0 Å². The molecule has 0 bridgehead atoms. The van der Waals surface area contributed by atoms with E-state index in [0.717, 1.165) is 4.46 Å². The Morgan fingerprint density at radius 3 is 2.36 bits per heavy atom. The van der Waals surface area contributed by atoms with Crippen molar-refractivity contribution in [3.63, 3.8) is 0 Å². The van der Waals surface area contributed by atoms with Gasteiger partial charge in [-0.2, -0.15) is 0 Å². The molecule has 3 heteroatoms. The van der Waals surface area contributed by atoms with Crippen LogP contribution in [0.5, 0.6) is 0 Å². The molecular formula is C8H8O2Se. The molecule has 1 aromatic rings. The van der Waals surface area contributed by atoms with Crippen LogP contribution >= 0.6 is 0 Å². The van der Waals surface area contributed by atoms with E-state index in [1.54, 1.807) is 0 Å². The van der Waals surface area contributed by atoms with Crippen molar-refractivity contribution < 1.29 is 10.2 Å². The van der Waals surface area contributed by atoms with Crippen LogP contribution in [0.2, 0.25) is 0 Å². The van der Waals surface area contributed by atoms with Gasteiger partial charge >= 0.3 is 70.9 Å². The second-order valence-corrected chi connectivity index (χ2v) is 3.89. The summed E-state index contributed by atoms with van der Waals surface area (Å²) in [6.45, 7) is 0. The van der Waals surface area contributed by atoms with E-state index >= 15 is 0 Å². The third-order valence-electron chi connectivity index (χ3n) is 1.04.